The first-order valence-corrected chi connectivity index (χ1v) is 4.89. The highest BCUT2D eigenvalue weighted by Gasteiger charge is 2.02. The second-order valence-corrected chi connectivity index (χ2v) is 3.28. The molecule has 0 bridgehead atoms. The zero-order chi connectivity index (χ0) is 11.4. The largest absolute Gasteiger partial charge is 0.497 e. The first kappa shape index (κ1) is 10.6. The summed E-state index contributed by atoms with van der Waals surface area (Å²) >= 11 is 0. The Morgan fingerprint density at radius 1 is 1.25 bits per heavy atom. The molecule has 1 heterocycles. The van der Waals surface area contributed by atoms with Crippen LogP contribution in [0.1, 0.15) is 5.69 Å². The molecule has 2 aromatic rings. The van der Waals surface area contributed by atoms with Crippen molar-refractivity contribution < 1.29 is 9.84 Å². The second kappa shape index (κ2) is 4.72. The smallest absolute Gasteiger partial charge is 0.119 e. The normalized spacial score (nSPS) is 10.1. The first-order chi connectivity index (χ1) is 7.83. The molecule has 0 atom stereocenters. The lowest BCUT2D eigenvalue weighted by molar-refractivity contribution is 0.276. The van der Waals surface area contributed by atoms with Gasteiger partial charge in [0.2, 0.25) is 0 Å². The van der Waals surface area contributed by atoms with Crippen LogP contribution in [0.3, 0.4) is 0 Å². The lowest BCUT2D eigenvalue weighted by Crippen LogP contribution is -1.92. The molecule has 82 valence electrons. The van der Waals surface area contributed by atoms with Crippen LogP contribution in [0.2, 0.25) is 0 Å². The van der Waals surface area contributed by atoms with Crippen LogP contribution >= 0.6 is 0 Å². The standard InChI is InChI=1S/C12H12N2O2/c1-16-11-4-2-3-9(5-11)12-6-10(7-15)13-8-14-12/h2-6,8,15H,7H2,1H3. The summed E-state index contributed by atoms with van der Waals surface area (Å²) in [7, 11) is 1.62. The Kier molecular flexibility index (Phi) is 3.12. The lowest BCUT2D eigenvalue weighted by atomic mass is 10.1. The quantitative estimate of drug-likeness (QED) is 0.847. The number of nitrogens with zero attached hydrogens (tertiary/aromatic N) is 2. The Hall–Kier alpha value is -1.94. The Balaban J connectivity index is 2.41. The molecule has 16 heavy (non-hydrogen) atoms. The number of hydrogen-bond donors (Lipinski definition) is 1. The van der Waals surface area contributed by atoms with E-state index in [9.17, 15) is 0 Å². The Morgan fingerprint density at radius 3 is 2.88 bits per heavy atom. The average molecular weight is 216 g/mol. The molecule has 1 aromatic carbocycles. The summed E-state index contributed by atoms with van der Waals surface area (Å²) < 4.78 is 5.14. The number of aliphatic hydroxyl groups excluding tert-OH is 1. The third-order valence-corrected chi connectivity index (χ3v) is 2.25. The molecule has 0 unspecified atom stereocenters. The van der Waals surface area contributed by atoms with Gasteiger partial charge in [0.25, 0.3) is 0 Å². The van der Waals surface area contributed by atoms with Gasteiger partial charge in [-0.2, -0.15) is 0 Å². The highest BCUT2D eigenvalue weighted by atomic mass is 16.5. The van der Waals surface area contributed by atoms with E-state index in [1.807, 2.05) is 24.3 Å². The molecule has 2 rings (SSSR count). The maximum absolute atomic E-state index is 8.99. The molecule has 0 aliphatic carbocycles. The minimum Gasteiger partial charge on any atom is -0.497 e. The lowest BCUT2D eigenvalue weighted by Gasteiger charge is -2.04. The van der Waals surface area contributed by atoms with Crippen molar-refractivity contribution in [2.45, 2.75) is 6.61 Å². The van der Waals surface area contributed by atoms with Gasteiger partial charge in [-0.05, 0) is 18.2 Å². The van der Waals surface area contributed by atoms with E-state index in [1.54, 1.807) is 13.2 Å². The maximum Gasteiger partial charge on any atom is 0.119 e. The van der Waals surface area contributed by atoms with Gasteiger partial charge in [-0.25, -0.2) is 9.97 Å². The highest BCUT2D eigenvalue weighted by Crippen LogP contribution is 2.21. The van der Waals surface area contributed by atoms with E-state index in [2.05, 4.69) is 9.97 Å². The van der Waals surface area contributed by atoms with Crippen LogP contribution in [0, 0.1) is 0 Å². The van der Waals surface area contributed by atoms with Crippen LogP contribution in [0.4, 0.5) is 0 Å². The number of rotatable bonds is 3. The van der Waals surface area contributed by atoms with Crippen LogP contribution in [0.5, 0.6) is 5.75 Å². The van der Waals surface area contributed by atoms with Crippen molar-refractivity contribution in [2.75, 3.05) is 7.11 Å². The van der Waals surface area contributed by atoms with Crippen LogP contribution < -0.4 is 4.74 Å². The summed E-state index contributed by atoms with van der Waals surface area (Å²) in [5.74, 6) is 0.779. The first-order valence-electron chi connectivity index (χ1n) is 4.89. The fourth-order valence-electron chi connectivity index (χ4n) is 1.42. The van der Waals surface area contributed by atoms with Crippen molar-refractivity contribution >= 4 is 0 Å². The Bertz CT molecular complexity index is 440. The van der Waals surface area contributed by atoms with Crippen molar-refractivity contribution in [3.8, 4) is 17.0 Å². The molecular weight excluding hydrogens is 204 g/mol. The minimum atomic E-state index is -0.0838. The molecule has 1 aromatic heterocycles. The Labute approximate surface area is 93.6 Å². The molecule has 4 heteroatoms. The van der Waals surface area contributed by atoms with Gasteiger partial charge in [-0.3, -0.25) is 0 Å². The Morgan fingerprint density at radius 2 is 2.12 bits per heavy atom. The predicted molar refractivity (Wildman–Crippen MR) is 59.9 cm³/mol. The summed E-state index contributed by atoms with van der Waals surface area (Å²) in [5, 5.41) is 8.99. The molecular formula is C12H12N2O2. The molecule has 0 aliphatic heterocycles. The van der Waals surface area contributed by atoms with Gasteiger partial charge in [0.1, 0.15) is 12.1 Å². The average Bonchev–Trinajstić information content (AvgIpc) is 2.39. The monoisotopic (exact) mass is 216 g/mol. The van der Waals surface area contributed by atoms with Crippen molar-refractivity contribution in [3.63, 3.8) is 0 Å². The van der Waals surface area contributed by atoms with E-state index in [1.165, 1.54) is 6.33 Å². The molecule has 0 amide bonds. The van der Waals surface area contributed by atoms with E-state index < -0.39 is 0 Å². The fourth-order valence-corrected chi connectivity index (χ4v) is 1.42. The molecule has 4 nitrogen and oxygen atoms in total. The summed E-state index contributed by atoms with van der Waals surface area (Å²) in [6.45, 7) is -0.0838. The number of hydrogen-bond acceptors (Lipinski definition) is 4. The third kappa shape index (κ3) is 2.17. The number of methoxy groups -OCH3 is 1. The number of aromatic nitrogens is 2. The van der Waals surface area contributed by atoms with Gasteiger partial charge in [-0.1, -0.05) is 12.1 Å². The molecule has 0 saturated carbocycles. The van der Waals surface area contributed by atoms with Gasteiger partial charge in [0, 0.05) is 5.56 Å². The summed E-state index contributed by atoms with van der Waals surface area (Å²) in [6.07, 6.45) is 1.44. The molecule has 1 N–H and O–H groups in total. The molecule has 0 aliphatic rings. The van der Waals surface area contributed by atoms with Crippen LogP contribution in [0.25, 0.3) is 11.3 Å². The predicted octanol–water partition coefficient (Wildman–Crippen LogP) is 1.64. The van der Waals surface area contributed by atoms with E-state index in [4.69, 9.17) is 9.84 Å². The topological polar surface area (TPSA) is 55.2 Å². The minimum absolute atomic E-state index is 0.0838. The van der Waals surface area contributed by atoms with E-state index in [0.29, 0.717) is 5.69 Å². The van der Waals surface area contributed by atoms with E-state index >= 15 is 0 Å². The SMILES string of the molecule is COc1cccc(-c2cc(CO)ncn2)c1. The maximum atomic E-state index is 8.99. The van der Waals surface area contributed by atoms with Gasteiger partial charge in [0.05, 0.1) is 25.1 Å². The molecule has 0 radical (unpaired) electrons. The molecule has 0 fully saturated rings. The fraction of sp³-hybridized carbons (Fsp3) is 0.167. The van der Waals surface area contributed by atoms with Crippen LogP contribution in [-0.2, 0) is 6.61 Å². The van der Waals surface area contributed by atoms with Gasteiger partial charge in [-0.15, -0.1) is 0 Å². The van der Waals surface area contributed by atoms with Crippen LogP contribution in [0.15, 0.2) is 36.7 Å². The molecule has 0 spiro atoms. The summed E-state index contributed by atoms with van der Waals surface area (Å²) in [5.41, 5.74) is 2.32. The zero-order valence-corrected chi connectivity index (χ0v) is 8.92. The van der Waals surface area contributed by atoms with Crippen LogP contribution in [-0.4, -0.2) is 22.2 Å². The van der Waals surface area contributed by atoms with Crippen molar-refractivity contribution in [1.29, 1.82) is 0 Å². The van der Waals surface area contributed by atoms with Gasteiger partial charge < -0.3 is 9.84 Å². The summed E-state index contributed by atoms with van der Waals surface area (Å²) in [6, 6.07) is 9.36. The number of aliphatic hydroxyl groups is 1. The van der Waals surface area contributed by atoms with Gasteiger partial charge in [0.15, 0.2) is 0 Å². The van der Waals surface area contributed by atoms with E-state index in [0.717, 1.165) is 17.0 Å². The third-order valence-electron chi connectivity index (χ3n) is 2.25. The van der Waals surface area contributed by atoms with E-state index in [-0.39, 0.29) is 6.61 Å². The zero-order valence-electron chi connectivity index (χ0n) is 8.92. The van der Waals surface area contributed by atoms with Crippen molar-refractivity contribution in [1.82, 2.24) is 9.97 Å². The number of benzene rings is 1. The molecule has 0 saturated heterocycles. The highest BCUT2D eigenvalue weighted by molar-refractivity contribution is 5.61. The van der Waals surface area contributed by atoms with Crippen molar-refractivity contribution in [3.05, 3.63) is 42.4 Å². The summed E-state index contributed by atoms with van der Waals surface area (Å²) in [4.78, 5) is 8.09. The van der Waals surface area contributed by atoms with Crippen molar-refractivity contribution in [2.24, 2.45) is 0 Å². The number of ether oxygens (including phenoxy) is 1. The van der Waals surface area contributed by atoms with Gasteiger partial charge >= 0.3 is 0 Å². The second-order valence-electron chi connectivity index (χ2n) is 3.28.